The van der Waals surface area contributed by atoms with Gasteiger partial charge in [0, 0.05) is 17.0 Å². The summed E-state index contributed by atoms with van der Waals surface area (Å²) in [4.78, 5) is 0. The molecule has 4 heteroatoms. The zero-order valence-electron chi connectivity index (χ0n) is 17.9. The van der Waals surface area contributed by atoms with Gasteiger partial charge in [0.2, 0.25) is 0 Å². The molecule has 1 aliphatic rings. The molecule has 0 amide bonds. The van der Waals surface area contributed by atoms with E-state index >= 15 is 0 Å². The molecule has 1 N–H and O–H groups in total. The van der Waals surface area contributed by atoms with Gasteiger partial charge in [-0.25, -0.2) is 0 Å². The van der Waals surface area contributed by atoms with Gasteiger partial charge in [0.15, 0.2) is 0 Å². The second kappa shape index (κ2) is 19.2. The third kappa shape index (κ3) is 16.7. The maximum atomic E-state index is 10.5. The standard InChI is InChI=1S/C23H42NOS.K/c1-20(18-19-25)12-10-8-6-4-3-5-7-9-11-13-21(2)24-22-14-16-23(26)17-15-22;/h22-24,26H,1-19H2;/q-1;+1. The van der Waals surface area contributed by atoms with Crippen molar-refractivity contribution < 1.29 is 56.5 Å². The fraction of sp³-hybridized carbons (Fsp3) is 0.826. The van der Waals surface area contributed by atoms with E-state index in [0.29, 0.717) is 17.7 Å². The third-order valence-electron chi connectivity index (χ3n) is 5.57. The van der Waals surface area contributed by atoms with E-state index in [1.165, 1.54) is 89.2 Å². The van der Waals surface area contributed by atoms with Crippen LogP contribution in [0.5, 0.6) is 0 Å². The molecule has 1 aliphatic carbocycles. The third-order valence-corrected chi connectivity index (χ3v) is 6.09. The summed E-state index contributed by atoms with van der Waals surface area (Å²) >= 11 is 4.56. The molecule has 0 spiro atoms. The van der Waals surface area contributed by atoms with Gasteiger partial charge in [-0.3, -0.25) is 0 Å². The second-order valence-corrected chi connectivity index (χ2v) is 8.87. The molecule has 1 fully saturated rings. The van der Waals surface area contributed by atoms with Crippen LogP contribution >= 0.6 is 12.6 Å². The zero-order valence-corrected chi connectivity index (χ0v) is 22.0. The van der Waals surface area contributed by atoms with Crippen LogP contribution in [0.4, 0.5) is 0 Å². The summed E-state index contributed by atoms with van der Waals surface area (Å²) in [6, 6.07) is 0.642. The van der Waals surface area contributed by atoms with Gasteiger partial charge in [-0.2, -0.15) is 12.6 Å². The van der Waals surface area contributed by atoms with E-state index in [1.807, 2.05) is 0 Å². The van der Waals surface area contributed by atoms with Crippen LogP contribution in [0, 0.1) is 0 Å². The molecule has 0 saturated heterocycles. The molecule has 2 nitrogen and oxygen atoms in total. The summed E-state index contributed by atoms with van der Waals surface area (Å²) in [5.41, 5.74) is 2.39. The Bertz CT molecular complexity index is 381. The van der Waals surface area contributed by atoms with Gasteiger partial charge in [-0.05, 0) is 57.8 Å². The molecule has 0 bridgehead atoms. The van der Waals surface area contributed by atoms with Crippen LogP contribution in [0.25, 0.3) is 0 Å². The van der Waals surface area contributed by atoms with E-state index in [0.717, 1.165) is 18.4 Å². The van der Waals surface area contributed by atoms with Gasteiger partial charge < -0.3 is 10.4 Å². The topological polar surface area (TPSA) is 35.1 Å². The predicted octanol–water partition coefficient (Wildman–Crippen LogP) is 2.93. The quantitative estimate of drug-likeness (QED) is 0.175. The molecule has 0 aromatic rings. The molecular weight excluding hydrogens is 377 g/mol. The molecule has 152 valence electrons. The van der Waals surface area contributed by atoms with Crippen LogP contribution < -0.4 is 61.8 Å². The Kier molecular flexibility index (Phi) is 20.1. The molecule has 0 aliphatic heterocycles. The molecule has 0 radical (unpaired) electrons. The summed E-state index contributed by atoms with van der Waals surface area (Å²) in [7, 11) is 0. The smallest absolute Gasteiger partial charge is 0.854 e. The van der Waals surface area contributed by atoms with E-state index in [2.05, 4.69) is 31.1 Å². The Morgan fingerprint density at radius 1 is 0.778 bits per heavy atom. The molecule has 27 heavy (non-hydrogen) atoms. The minimum Gasteiger partial charge on any atom is -0.854 e. The van der Waals surface area contributed by atoms with E-state index in [1.54, 1.807) is 0 Å². The predicted molar refractivity (Wildman–Crippen MR) is 117 cm³/mol. The summed E-state index contributed by atoms with van der Waals surface area (Å²) in [6.07, 6.45) is 19.7. The van der Waals surface area contributed by atoms with Crippen molar-refractivity contribution in [2.45, 2.75) is 114 Å². The maximum Gasteiger partial charge on any atom is 1.00 e. The number of hydrogen-bond donors (Lipinski definition) is 2. The molecule has 0 atom stereocenters. The zero-order chi connectivity index (χ0) is 19.0. The van der Waals surface area contributed by atoms with Crippen LogP contribution in [-0.4, -0.2) is 17.9 Å². The minimum absolute atomic E-state index is 0. The van der Waals surface area contributed by atoms with Crippen molar-refractivity contribution in [1.29, 1.82) is 0 Å². The van der Waals surface area contributed by atoms with Crippen molar-refractivity contribution in [2.75, 3.05) is 6.61 Å². The Balaban J connectivity index is 0.00000676. The van der Waals surface area contributed by atoms with Crippen LogP contribution in [0.3, 0.4) is 0 Å². The van der Waals surface area contributed by atoms with Gasteiger partial charge in [0.1, 0.15) is 0 Å². The SMILES string of the molecule is C=C(CC[O-])CCCCCCCCCCCC(=C)NC1CCC(S)CC1.[K+]. The maximum absolute atomic E-state index is 10.5. The molecule has 0 heterocycles. The van der Waals surface area contributed by atoms with Crippen molar-refractivity contribution in [1.82, 2.24) is 5.32 Å². The van der Waals surface area contributed by atoms with Crippen molar-refractivity contribution in [3.63, 3.8) is 0 Å². The number of thiol groups is 1. The molecule has 1 saturated carbocycles. The first-order valence-electron chi connectivity index (χ1n) is 11.0. The van der Waals surface area contributed by atoms with Crippen LogP contribution in [-0.2, 0) is 0 Å². The fourth-order valence-electron chi connectivity index (χ4n) is 3.80. The molecule has 0 unspecified atom stereocenters. The number of nitrogens with one attached hydrogen (secondary N) is 1. The Morgan fingerprint density at radius 2 is 1.26 bits per heavy atom. The van der Waals surface area contributed by atoms with E-state index in [4.69, 9.17) is 0 Å². The second-order valence-electron chi connectivity index (χ2n) is 8.14. The monoisotopic (exact) mass is 419 g/mol. The summed E-state index contributed by atoms with van der Waals surface area (Å²) in [5, 5.41) is 14.7. The summed E-state index contributed by atoms with van der Waals surface area (Å²) in [5.74, 6) is 0. The Labute approximate surface area is 217 Å². The van der Waals surface area contributed by atoms with Gasteiger partial charge in [0.25, 0.3) is 0 Å². The van der Waals surface area contributed by atoms with Crippen LogP contribution in [0.15, 0.2) is 24.4 Å². The largest absolute Gasteiger partial charge is 1.00 e. The summed E-state index contributed by atoms with van der Waals surface area (Å²) < 4.78 is 0. The summed E-state index contributed by atoms with van der Waals surface area (Å²) in [6.45, 7) is 8.17. The Morgan fingerprint density at radius 3 is 1.78 bits per heavy atom. The first kappa shape index (κ1) is 28.2. The van der Waals surface area contributed by atoms with E-state index in [-0.39, 0.29) is 58.0 Å². The average molecular weight is 420 g/mol. The number of hydrogen-bond acceptors (Lipinski definition) is 3. The van der Waals surface area contributed by atoms with Crippen molar-refractivity contribution in [3.05, 3.63) is 24.4 Å². The number of allylic oxidation sites excluding steroid dienone is 1. The van der Waals surface area contributed by atoms with Gasteiger partial charge in [-0.15, -0.1) is 6.61 Å². The first-order chi connectivity index (χ1) is 12.6. The number of unbranched alkanes of at least 4 members (excludes halogenated alkanes) is 8. The number of rotatable bonds is 16. The van der Waals surface area contributed by atoms with E-state index in [9.17, 15) is 5.11 Å². The molecular formula is C23H42KNOS. The van der Waals surface area contributed by atoms with Gasteiger partial charge >= 0.3 is 51.4 Å². The van der Waals surface area contributed by atoms with Gasteiger partial charge in [0.05, 0.1) is 0 Å². The molecule has 1 rings (SSSR count). The average Bonchev–Trinajstić information content (AvgIpc) is 2.62. The fourth-order valence-corrected chi connectivity index (χ4v) is 4.10. The van der Waals surface area contributed by atoms with E-state index < -0.39 is 0 Å². The minimum atomic E-state index is -0.000687. The molecule has 0 aromatic carbocycles. The van der Waals surface area contributed by atoms with Gasteiger partial charge in [-0.1, -0.05) is 63.7 Å². The molecule has 0 aromatic heterocycles. The van der Waals surface area contributed by atoms with Crippen LogP contribution in [0.2, 0.25) is 0 Å². The van der Waals surface area contributed by atoms with Crippen molar-refractivity contribution >= 4 is 12.6 Å². The van der Waals surface area contributed by atoms with Crippen molar-refractivity contribution in [2.24, 2.45) is 0 Å². The Hall–Kier alpha value is 1.23. The van der Waals surface area contributed by atoms with Crippen molar-refractivity contribution in [3.8, 4) is 0 Å². The first-order valence-corrected chi connectivity index (χ1v) is 11.5. The van der Waals surface area contributed by atoms with Crippen LogP contribution in [0.1, 0.15) is 103 Å². The normalized spacial score (nSPS) is 19.3.